The first-order valence-corrected chi connectivity index (χ1v) is 7.58. The van der Waals surface area contributed by atoms with Gasteiger partial charge in [0, 0.05) is 24.7 Å². The van der Waals surface area contributed by atoms with Gasteiger partial charge in [0.1, 0.15) is 0 Å². The predicted octanol–water partition coefficient (Wildman–Crippen LogP) is 2.14. The van der Waals surface area contributed by atoms with Gasteiger partial charge in [-0.25, -0.2) is 0 Å². The molecule has 1 atom stereocenters. The lowest BCUT2D eigenvalue weighted by molar-refractivity contribution is 0.0947. The minimum absolute atomic E-state index is 0.0724. The number of nitrogens with one attached hydrogen (secondary N) is 1. The number of halogens is 1. The van der Waals surface area contributed by atoms with Gasteiger partial charge in [0.05, 0.1) is 10.7 Å². The van der Waals surface area contributed by atoms with Crippen molar-refractivity contribution < 1.29 is 4.79 Å². The van der Waals surface area contributed by atoms with Gasteiger partial charge in [0.2, 0.25) is 0 Å². The van der Waals surface area contributed by atoms with Gasteiger partial charge < -0.3 is 16.0 Å². The maximum Gasteiger partial charge on any atom is 0.251 e. The Kier molecular flexibility index (Phi) is 3.85. The fourth-order valence-electron chi connectivity index (χ4n) is 2.81. The minimum Gasteiger partial charge on any atom is -0.398 e. The number of amides is 1. The van der Waals surface area contributed by atoms with E-state index in [4.69, 9.17) is 17.3 Å². The lowest BCUT2D eigenvalue weighted by Gasteiger charge is -2.15. The number of rotatable bonds is 4. The minimum atomic E-state index is -0.0724. The summed E-state index contributed by atoms with van der Waals surface area (Å²) in [5.41, 5.74) is 6.71. The molecule has 5 heteroatoms. The number of hydrogen-bond acceptors (Lipinski definition) is 3. The molecule has 1 aliphatic heterocycles. The Balaban J connectivity index is 1.50. The molecule has 2 fully saturated rings. The second-order valence-corrected chi connectivity index (χ2v) is 6.23. The molecule has 4 nitrogen and oxygen atoms in total. The summed E-state index contributed by atoms with van der Waals surface area (Å²) < 4.78 is 0. The van der Waals surface area contributed by atoms with Crippen molar-refractivity contribution in [2.24, 2.45) is 5.92 Å². The Hall–Kier alpha value is -1.26. The van der Waals surface area contributed by atoms with E-state index >= 15 is 0 Å². The summed E-state index contributed by atoms with van der Waals surface area (Å²) in [4.78, 5) is 14.6. The molecule has 1 amide bonds. The zero-order chi connectivity index (χ0) is 14.1. The molecule has 1 aromatic rings. The summed E-state index contributed by atoms with van der Waals surface area (Å²) in [6.45, 7) is 3.04. The second kappa shape index (κ2) is 5.62. The van der Waals surface area contributed by atoms with Crippen LogP contribution < -0.4 is 11.1 Å². The monoisotopic (exact) mass is 293 g/mol. The fraction of sp³-hybridized carbons (Fsp3) is 0.533. The van der Waals surface area contributed by atoms with Crippen LogP contribution in [0.2, 0.25) is 5.02 Å². The average molecular weight is 294 g/mol. The number of carbonyl (C=O) groups excluding carboxylic acids is 1. The topological polar surface area (TPSA) is 58.4 Å². The van der Waals surface area contributed by atoms with Crippen LogP contribution >= 0.6 is 11.6 Å². The quantitative estimate of drug-likeness (QED) is 0.836. The molecule has 3 N–H and O–H groups in total. The zero-order valence-electron chi connectivity index (χ0n) is 11.4. The molecule has 1 aromatic carbocycles. The van der Waals surface area contributed by atoms with Crippen molar-refractivity contribution in [3.8, 4) is 0 Å². The van der Waals surface area contributed by atoms with E-state index in [2.05, 4.69) is 10.2 Å². The Morgan fingerprint density at radius 2 is 2.20 bits per heavy atom. The Morgan fingerprint density at radius 1 is 1.40 bits per heavy atom. The number of carbonyl (C=O) groups is 1. The third kappa shape index (κ3) is 3.07. The molecule has 3 rings (SSSR count). The van der Waals surface area contributed by atoms with E-state index in [-0.39, 0.29) is 5.91 Å². The van der Waals surface area contributed by atoms with Gasteiger partial charge in [-0.2, -0.15) is 0 Å². The predicted molar refractivity (Wildman–Crippen MR) is 80.9 cm³/mol. The zero-order valence-corrected chi connectivity index (χ0v) is 12.2. The number of likely N-dealkylation sites (tertiary alicyclic amines) is 1. The van der Waals surface area contributed by atoms with Crippen molar-refractivity contribution in [3.63, 3.8) is 0 Å². The number of hydrogen-bond donors (Lipinski definition) is 2. The average Bonchev–Trinajstić information content (AvgIpc) is 3.18. The number of nitrogen functional groups attached to an aromatic ring is 1. The van der Waals surface area contributed by atoms with Gasteiger partial charge in [0.15, 0.2) is 0 Å². The maximum absolute atomic E-state index is 12.1. The highest BCUT2D eigenvalue weighted by molar-refractivity contribution is 6.33. The maximum atomic E-state index is 12.1. The van der Waals surface area contributed by atoms with Crippen molar-refractivity contribution in [2.45, 2.75) is 25.3 Å². The van der Waals surface area contributed by atoms with Gasteiger partial charge in [-0.3, -0.25) is 4.79 Å². The van der Waals surface area contributed by atoms with Crippen LogP contribution in [0.1, 0.15) is 29.6 Å². The smallest absolute Gasteiger partial charge is 0.251 e. The third-order valence-corrected chi connectivity index (χ3v) is 4.52. The van der Waals surface area contributed by atoms with E-state index in [0.29, 0.717) is 22.2 Å². The molecule has 20 heavy (non-hydrogen) atoms. The summed E-state index contributed by atoms with van der Waals surface area (Å²) >= 11 is 5.93. The molecule has 108 valence electrons. The van der Waals surface area contributed by atoms with Crippen molar-refractivity contribution in [1.82, 2.24) is 10.2 Å². The Morgan fingerprint density at radius 3 is 2.90 bits per heavy atom. The Labute approximate surface area is 124 Å². The van der Waals surface area contributed by atoms with E-state index in [1.54, 1.807) is 18.2 Å². The van der Waals surface area contributed by atoms with E-state index in [1.165, 1.54) is 25.8 Å². The lowest BCUT2D eigenvalue weighted by atomic mass is 10.1. The fourth-order valence-corrected chi connectivity index (χ4v) is 2.99. The Bertz CT molecular complexity index is 516. The molecule has 1 unspecified atom stereocenters. The standard InChI is InChI=1S/C15H20ClN3O/c16-13-7-11(1-4-14(13)17)15(20)18-8-10-5-6-19(9-10)12-2-3-12/h1,4,7,10,12H,2-3,5-6,8-9,17H2,(H,18,20). The van der Waals surface area contributed by atoms with Crippen LogP contribution in [-0.2, 0) is 0 Å². The summed E-state index contributed by atoms with van der Waals surface area (Å²) in [5, 5.41) is 3.43. The van der Waals surface area contributed by atoms with E-state index in [0.717, 1.165) is 19.1 Å². The first-order chi connectivity index (χ1) is 9.63. The van der Waals surface area contributed by atoms with Crippen molar-refractivity contribution in [3.05, 3.63) is 28.8 Å². The van der Waals surface area contributed by atoms with E-state index < -0.39 is 0 Å². The van der Waals surface area contributed by atoms with Crippen LogP contribution in [0.25, 0.3) is 0 Å². The largest absolute Gasteiger partial charge is 0.398 e. The molecule has 1 heterocycles. The van der Waals surface area contributed by atoms with Crippen LogP contribution in [-0.4, -0.2) is 36.5 Å². The molecule has 0 bridgehead atoms. The van der Waals surface area contributed by atoms with Crippen LogP contribution in [0.15, 0.2) is 18.2 Å². The van der Waals surface area contributed by atoms with Crippen LogP contribution in [0.5, 0.6) is 0 Å². The van der Waals surface area contributed by atoms with Crippen molar-refractivity contribution in [1.29, 1.82) is 0 Å². The highest BCUT2D eigenvalue weighted by atomic mass is 35.5. The molecule has 1 saturated heterocycles. The molecule has 1 saturated carbocycles. The van der Waals surface area contributed by atoms with E-state index in [9.17, 15) is 4.79 Å². The van der Waals surface area contributed by atoms with Crippen LogP contribution in [0.4, 0.5) is 5.69 Å². The van der Waals surface area contributed by atoms with Gasteiger partial charge in [-0.05, 0) is 49.9 Å². The molecular weight excluding hydrogens is 274 g/mol. The number of anilines is 1. The SMILES string of the molecule is Nc1ccc(C(=O)NCC2CCN(C3CC3)C2)cc1Cl. The summed E-state index contributed by atoms with van der Waals surface area (Å²) in [5.74, 6) is 0.501. The normalized spacial score (nSPS) is 22.9. The molecule has 1 aliphatic carbocycles. The van der Waals surface area contributed by atoms with Gasteiger partial charge in [0.25, 0.3) is 5.91 Å². The molecule has 0 spiro atoms. The summed E-state index contributed by atoms with van der Waals surface area (Å²) in [6, 6.07) is 5.83. The summed E-state index contributed by atoms with van der Waals surface area (Å²) in [7, 11) is 0. The van der Waals surface area contributed by atoms with Gasteiger partial charge >= 0.3 is 0 Å². The second-order valence-electron chi connectivity index (χ2n) is 5.83. The number of nitrogens with zero attached hydrogens (tertiary/aromatic N) is 1. The molecule has 2 aliphatic rings. The molecule has 0 radical (unpaired) electrons. The highest BCUT2D eigenvalue weighted by Gasteiger charge is 2.34. The number of benzene rings is 1. The first kappa shape index (κ1) is 13.7. The summed E-state index contributed by atoms with van der Waals surface area (Å²) in [6.07, 6.45) is 3.88. The molecule has 0 aromatic heterocycles. The van der Waals surface area contributed by atoms with Crippen LogP contribution in [0.3, 0.4) is 0 Å². The third-order valence-electron chi connectivity index (χ3n) is 4.19. The van der Waals surface area contributed by atoms with Gasteiger partial charge in [-0.15, -0.1) is 0 Å². The highest BCUT2D eigenvalue weighted by Crippen LogP contribution is 2.31. The van der Waals surface area contributed by atoms with Crippen LogP contribution in [0, 0.1) is 5.92 Å². The first-order valence-electron chi connectivity index (χ1n) is 7.21. The molecular formula is C15H20ClN3O. The van der Waals surface area contributed by atoms with Crippen molar-refractivity contribution in [2.75, 3.05) is 25.4 Å². The van der Waals surface area contributed by atoms with E-state index in [1.807, 2.05) is 0 Å². The number of nitrogens with two attached hydrogens (primary N) is 1. The van der Waals surface area contributed by atoms with Crippen molar-refractivity contribution >= 4 is 23.2 Å². The lowest BCUT2D eigenvalue weighted by Crippen LogP contribution is -2.31. The van der Waals surface area contributed by atoms with Gasteiger partial charge in [-0.1, -0.05) is 11.6 Å².